The molecule has 0 saturated heterocycles. The van der Waals surface area contributed by atoms with Gasteiger partial charge in [-0.15, -0.1) is 0 Å². The molecule has 0 radical (unpaired) electrons. The van der Waals surface area contributed by atoms with Crippen LogP contribution in [0.2, 0.25) is 5.02 Å². The Labute approximate surface area is 182 Å². The van der Waals surface area contributed by atoms with Crippen molar-refractivity contribution in [2.24, 2.45) is 5.73 Å². The van der Waals surface area contributed by atoms with Crippen LogP contribution in [0.4, 0.5) is 5.69 Å². The van der Waals surface area contributed by atoms with Gasteiger partial charge in [0.15, 0.2) is 5.60 Å². The summed E-state index contributed by atoms with van der Waals surface area (Å²) in [6, 6.07) is 25.6. The molecule has 1 unspecified atom stereocenters. The lowest BCUT2D eigenvalue weighted by Gasteiger charge is -2.31. The Morgan fingerprint density at radius 2 is 1.67 bits per heavy atom. The van der Waals surface area contributed by atoms with Gasteiger partial charge in [0.1, 0.15) is 0 Å². The fourth-order valence-electron chi connectivity index (χ4n) is 4.28. The molecule has 0 fully saturated rings. The minimum absolute atomic E-state index is 0.542. The summed E-state index contributed by atoms with van der Waals surface area (Å²) < 4.78 is 0. The maximum absolute atomic E-state index is 12.1. The number of hydrogen-bond donors (Lipinski definition) is 2. The van der Waals surface area contributed by atoms with Crippen molar-refractivity contribution in [2.45, 2.75) is 18.9 Å². The maximum Gasteiger partial charge on any atom is 0.159 e. The van der Waals surface area contributed by atoms with E-state index >= 15 is 0 Å². The van der Waals surface area contributed by atoms with E-state index < -0.39 is 5.60 Å². The number of aliphatic hydroxyl groups is 1. The number of anilines is 1. The molecule has 0 spiro atoms. The van der Waals surface area contributed by atoms with Crippen LogP contribution in [0.15, 0.2) is 96.8 Å². The molecule has 1 aliphatic heterocycles. The van der Waals surface area contributed by atoms with Crippen LogP contribution in [0.3, 0.4) is 0 Å². The molecule has 1 atom stereocenters. The van der Waals surface area contributed by atoms with Crippen molar-refractivity contribution < 1.29 is 5.11 Å². The lowest BCUT2D eigenvalue weighted by atomic mass is 9.81. The van der Waals surface area contributed by atoms with Gasteiger partial charge >= 0.3 is 0 Å². The molecule has 152 valence electrons. The zero-order chi connectivity index (χ0) is 21.3. The molecular weight excluding hydrogens is 392 g/mol. The number of rotatable bonds is 5. The molecule has 0 amide bonds. The number of nitrogens with zero attached hydrogens (tertiary/aromatic N) is 1. The minimum atomic E-state index is -1.46. The van der Waals surface area contributed by atoms with Gasteiger partial charge in [-0.05, 0) is 42.7 Å². The van der Waals surface area contributed by atoms with Gasteiger partial charge in [-0.1, -0.05) is 78.8 Å². The molecule has 1 aliphatic rings. The van der Waals surface area contributed by atoms with Crippen molar-refractivity contribution in [1.82, 2.24) is 0 Å². The average Bonchev–Trinajstić information content (AvgIpc) is 2.95. The first-order chi connectivity index (χ1) is 14.4. The second-order valence-electron chi connectivity index (χ2n) is 7.63. The molecule has 0 aromatic heterocycles. The Hall–Kier alpha value is -3.01. The fourth-order valence-corrected chi connectivity index (χ4v) is 4.45. The second-order valence-corrected chi connectivity index (χ2v) is 8.07. The molecule has 4 heteroatoms. The highest BCUT2D eigenvalue weighted by Gasteiger charge is 2.48. The highest BCUT2D eigenvalue weighted by molar-refractivity contribution is 6.30. The van der Waals surface area contributed by atoms with Crippen molar-refractivity contribution in [3.63, 3.8) is 0 Å². The highest BCUT2D eigenvalue weighted by Crippen LogP contribution is 2.53. The molecular formula is C26H25ClN2O. The Morgan fingerprint density at radius 3 is 2.30 bits per heavy atom. The summed E-state index contributed by atoms with van der Waals surface area (Å²) in [7, 11) is 0. The monoisotopic (exact) mass is 416 g/mol. The molecule has 3 aromatic carbocycles. The molecule has 1 heterocycles. The van der Waals surface area contributed by atoms with E-state index in [4.69, 9.17) is 17.3 Å². The van der Waals surface area contributed by atoms with Crippen molar-refractivity contribution >= 4 is 22.9 Å². The van der Waals surface area contributed by atoms with Crippen molar-refractivity contribution in [3.05, 3.63) is 119 Å². The fraction of sp³-hybridized carbons (Fsp3) is 0.154. The van der Waals surface area contributed by atoms with Crippen LogP contribution in [0.1, 0.15) is 23.6 Å². The molecule has 30 heavy (non-hydrogen) atoms. The number of allylic oxidation sites excluding steroid dienone is 1. The van der Waals surface area contributed by atoms with Gasteiger partial charge in [-0.2, -0.15) is 0 Å². The van der Waals surface area contributed by atoms with Crippen LogP contribution in [0.5, 0.6) is 0 Å². The van der Waals surface area contributed by atoms with Crippen LogP contribution in [-0.2, 0) is 12.0 Å². The third-order valence-electron chi connectivity index (χ3n) is 5.67. The van der Waals surface area contributed by atoms with Crippen LogP contribution in [0, 0.1) is 0 Å². The van der Waals surface area contributed by atoms with Crippen LogP contribution in [-0.4, -0.2) is 11.7 Å². The Morgan fingerprint density at radius 1 is 1.03 bits per heavy atom. The Balaban J connectivity index is 1.82. The molecule has 3 aromatic rings. The van der Waals surface area contributed by atoms with E-state index in [1.807, 2.05) is 73.7 Å². The highest BCUT2D eigenvalue weighted by atomic mass is 35.5. The predicted octanol–water partition coefficient (Wildman–Crippen LogP) is 5.49. The van der Waals surface area contributed by atoms with Gasteiger partial charge in [0.25, 0.3) is 0 Å². The molecule has 0 bridgehead atoms. The smallest absolute Gasteiger partial charge is 0.159 e. The van der Waals surface area contributed by atoms with Gasteiger partial charge in [-0.3, -0.25) is 0 Å². The minimum Gasteiger partial charge on any atom is -0.402 e. The molecule has 3 N–H and O–H groups in total. The van der Waals surface area contributed by atoms with E-state index in [0.717, 1.165) is 17.7 Å². The SMILES string of the molecule is C=C1N(CCc2ccccc2)c2ccc(Cl)cc2C1(O)/C(=C(\C)N)c1ccccc1. The summed E-state index contributed by atoms with van der Waals surface area (Å²) in [6.07, 6.45) is 0.823. The average molecular weight is 417 g/mol. The lowest BCUT2D eigenvalue weighted by molar-refractivity contribution is 0.145. The van der Waals surface area contributed by atoms with Crippen LogP contribution in [0.25, 0.3) is 5.57 Å². The predicted molar refractivity (Wildman–Crippen MR) is 125 cm³/mol. The van der Waals surface area contributed by atoms with Gasteiger partial charge in [-0.25, -0.2) is 0 Å². The first-order valence-electron chi connectivity index (χ1n) is 9.98. The standard InChI is InChI=1S/C26H25ClN2O/c1-18(28)25(21-11-7-4-8-12-21)26(30)19(2)29(16-15-20-9-5-3-6-10-20)24-14-13-22(27)17-23(24)26/h3-14,17,30H,2,15-16,28H2,1H3/b25-18+. The topological polar surface area (TPSA) is 49.5 Å². The molecule has 4 rings (SSSR count). The zero-order valence-electron chi connectivity index (χ0n) is 17.0. The van der Waals surface area contributed by atoms with E-state index in [2.05, 4.69) is 23.6 Å². The van der Waals surface area contributed by atoms with Crippen molar-refractivity contribution in [1.29, 1.82) is 0 Å². The zero-order valence-corrected chi connectivity index (χ0v) is 17.7. The Bertz CT molecular complexity index is 1100. The Kier molecular flexibility index (Phi) is 5.42. The summed E-state index contributed by atoms with van der Waals surface area (Å²) in [4.78, 5) is 2.07. The summed E-state index contributed by atoms with van der Waals surface area (Å²) >= 11 is 6.34. The lowest BCUT2D eigenvalue weighted by Crippen LogP contribution is -2.34. The summed E-state index contributed by atoms with van der Waals surface area (Å²) in [5, 5.41) is 12.7. The van der Waals surface area contributed by atoms with Gasteiger partial charge in [0.2, 0.25) is 0 Å². The largest absolute Gasteiger partial charge is 0.402 e. The van der Waals surface area contributed by atoms with Crippen LogP contribution < -0.4 is 10.6 Å². The van der Waals surface area contributed by atoms with Gasteiger partial charge < -0.3 is 15.7 Å². The summed E-state index contributed by atoms with van der Waals surface area (Å²) in [5.41, 5.74) is 10.3. The third-order valence-corrected chi connectivity index (χ3v) is 5.90. The van der Waals surface area contributed by atoms with E-state index in [1.165, 1.54) is 5.56 Å². The van der Waals surface area contributed by atoms with E-state index in [9.17, 15) is 5.11 Å². The van der Waals surface area contributed by atoms with Crippen molar-refractivity contribution in [2.75, 3.05) is 11.4 Å². The molecule has 3 nitrogen and oxygen atoms in total. The van der Waals surface area contributed by atoms with E-state index in [1.54, 1.807) is 0 Å². The second kappa shape index (κ2) is 8.02. The van der Waals surface area contributed by atoms with Gasteiger partial charge in [0, 0.05) is 34.1 Å². The first kappa shape index (κ1) is 20.3. The normalized spacial score (nSPS) is 18.9. The van der Waals surface area contributed by atoms with Crippen LogP contribution >= 0.6 is 11.6 Å². The molecule has 0 aliphatic carbocycles. The number of hydrogen-bond acceptors (Lipinski definition) is 3. The summed E-state index contributed by atoms with van der Waals surface area (Å²) in [6.45, 7) is 6.81. The first-order valence-corrected chi connectivity index (χ1v) is 10.4. The maximum atomic E-state index is 12.1. The third kappa shape index (κ3) is 3.41. The van der Waals surface area contributed by atoms with E-state index in [-0.39, 0.29) is 0 Å². The number of fused-ring (bicyclic) bond motifs is 1. The number of benzene rings is 3. The van der Waals surface area contributed by atoms with Gasteiger partial charge in [0.05, 0.1) is 5.70 Å². The molecule has 0 saturated carbocycles. The quantitative estimate of drug-likeness (QED) is 0.577. The number of nitrogens with two attached hydrogens (primary N) is 1. The number of halogens is 1. The van der Waals surface area contributed by atoms with E-state index in [0.29, 0.717) is 34.1 Å². The van der Waals surface area contributed by atoms with Crippen molar-refractivity contribution in [3.8, 4) is 0 Å². The summed E-state index contributed by atoms with van der Waals surface area (Å²) in [5.74, 6) is 0.